The van der Waals surface area contributed by atoms with Crippen LogP contribution in [0.3, 0.4) is 0 Å². The number of hydrogen-bond acceptors (Lipinski definition) is 7. The number of aliphatic imine (C=N–C) groups is 1. The van der Waals surface area contributed by atoms with Crippen LogP contribution in [0.2, 0.25) is 0 Å². The number of rotatable bonds is 14. The third kappa shape index (κ3) is 9.46. The first-order valence-corrected chi connectivity index (χ1v) is 9.08. The minimum Gasteiger partial charge on any atom is -0.464 e. The molecule has 0 heterocycles. The molecule has 1 aromatic rings. The van der Waals surface area contributed by atoms with Gasteiger partial charge < -0.3 is 9.47 Å². The molecule has 1 aromatic carbocycles. The first kappa shape index (κ1) is 22.8. The number of carbonyl (C=O) groups is 2. The molecule has 1 atom stereocenters. The molecule has 0 N–H and O–H groups in total. The Kier molecular flexibility index (Phi) is 11.3. The summed E-state index contributed by atoms with van der Waals surface area (Å²) < 4.78 is 9.64. The predicted octanol–water partition coefficient (Wildman–Crippen LogP) is 3.14. The summed E-state index contributed by atoms with van der Waals surface area (Å²) in [6, 6.07) is 6.66. The molecule has 0 spiro atoms. The van der Waals surface area contributed by atoms with Crippen molar-refractivity contribution < 1.29 is 23.9 Å². The molecule has 0 saturated heterocycles. The van der Waals surface area contributed by atoms with E-state index in [2.05, 4.69) is 16.3 Å². The molecule has 1 unspecified atom stereocenters. The van der Waals surface area contributed by atoms with E-state index in [1.807, 2.05) is 24.3 Å². The van der Waals surface area contributed by atoms with Gasteiger partial charge in [-0.3, -0.25) is 4.79 Å². The summed E-state index contributed by atoms with van der Waals surface area (Å²) in [5, 5.41) is 8.27. The Hall–Kier alpha value is -3.23. The van der Waals surface area contributed by atoms with Crippen molar-refractivity contribution in [3.8, 4) is 6.26 Å². The SMILES string of the molecule is C=Cc1ccc(CC(=O)CCCOC(=O)C(CCCCOC#N)N=C=O)cc1. The van der Waals surface area contributed by atoms with E-state index in [9.17, 15) is 14.4 Å². The second kappa shape index (κ2) is 13.9. The van der Waals surface area contributed by atoms with E-state index in [0.717, 1.165) is 11.1 Å². The van der Waals surface area contributed by atoms with E-state index >= 15 is 0 Å². The van der Waals surface area contributed by atoms with Gasteiger partial charge in [0.1, 0.15) is 12.4 Å². The molecule has 0 bridgehead atoms. The van der Waals surface area contributed by atoms with Crippen molar-refractivity contribution >= 4 is 23.9 Å². The van der Waals surface area contributed by atoms with Crippen LogP contribution < -0.4 is 0 Å². The van der Waals surface area contributed by atoms with Crippen molar-refractivity contribution in [1.82, 2.24) is 0 Å². The lowest BCUT2D eigenvalue weighted by molar-refractivity contribution is -0.145. The lowest BCUT2D eigenvalue weighted by Gasteiger charge is -2.10. The number of nitrogens with zero attached hydrogens (tertiary/aromatic N) is 2. The van der Waals surface area contributed by atoms with Gasteiger partial charge in [-0.15, -0.1) is 0 Å². The number of ether oxygens (including phenoxy) is 2. The van der Waals surface area contributed by atoms with Gasteiger partial charge in [0, 0.05) is 12.8 Å². The Morgan fingerprint density at radius 3 is 2.57 bits per heavy atom. The summed E-state index contributed by atoms with van der Waals surface area (Å²) in [4.78, 5) is 37.9. The van der Waals surface area contributed by atoms with E-state index in [4.69, 9.17) is 10.00 Å². The summed E-state index contributed by atoms with van der Waals surface area (Å²) >= 11 is 0. The van der Waals surface area contributed by atoms with Crippen LogP contribution in [0.25, 0.3) is 6.08 Å². The highest BCUT2D eigenvalue weighted by atomic mass is 16.5. The first-order valence-electron chi connectivity index (χ1n) is 9.08. The van der Waals surface area contributed by atoms with Gasteiger partial charge >= 0.3 is 5.97 Å². The zero-order chi connectivity index (χ0) is 20.6. The van der Waals surface area contributed by atoms with Crippen molar-refractivity contribution in [3.05, 3.63) is 42.0 Å². The zero-order valence-electron chi connectivity index (χ0n) is 15.8. The van der Waals surface area contributed by atoms with Crippen molar-refractivity contribution in [3.63, 3.8) is 0 Å². The Morgan fingerprint density at radius 1 is 1.18 bits per heavy atom. The van der Waals surface area contributed by atoms with Crippen LogP contribution in [0.4, 0.5) is 0 Å². The number of ketones is 1. The smallest absolute Gasteiger partial charge is 0.331 e. The summed E-state index contributed by atoms with van der Waals surface area (Å²) in [6.45, 7) is 4.02. The molecule has 28 heavy (non-hydrogen) atoms. The van der Waals surface area contributed by atoms with E-state index in [0.29, 0.717) is 38.5 Å². The maximum absolute atomic E-state index is 12.0. The summed E-state index contributed by atoms with van der Waals surface area (Å²) in [7, 11) is 0. The lowest BCUT2D eigenvalue weighted by Crippen LogP contribution is -2.22. The first-order chi connectivity index (χ1) is 13.6. The molecule has 7 nitrogen and oxygen atoms in total. The number of Topliss-reactive ketones (excluding diaryl/α,β-unsaturated/α-hetero) is 1. The van der Waals surface area contributed by atoms with E-state index in [1.54, 1.807) is 12.3 Å². The summed E-state index contributed by atoms with van der Waals surface area (Å²) in [5.74, 6) is -0.556. The minimum absolute atomic E-state index is 0.0577. The number of unbranched alkanes of at least 4 members (excludes halogenated alkanes) is 1. The molecular weight excluding hydrogens is 360 g/mol. The number of benzene rings is 1. The highest BCUT2D eigenvalue weighted by molar-refractivity contribution is 5.81. The molecule has 0 aliphatic heterocycles. The van der Waals surface area contributed by atoms with E-state index < -0.39 is 12.0 Å². The molecule has 0 aliphatic rings. The third-order valence-corrected chi connectivity index (χ3v) is 3.98. The monoisotopic (exact) mass is 384 g/mol. The Morgan fingerprint density at radius 2 is 1.93 bits per heavy atom. The van der Waals surface area contributed by atoms with Crippen LogP contribution in [0, 0.1) is 11.5 Å². The highest BCUT2D eigenvalue weighted by Crippen LogP contribution is 2.10. The molecule has 0 amide bonds. The molecule has 148 valence electrons. The fraction of sp³-hybridized carbons (Fsp3) is 0.429. The Balaban J connectivity index is 2.28. The van der Waals surface area contributed by atoms with Crippen molar-refractivity contribution in [1.29, 1.82) is 5.26 Å². The summed E-state index contributed by atoms with van der Waals surface area (Å²) in [5.41, 5.74) is 1.92. The van der Waals surface area contributed by atoms with Gasteiger partial charge in [-0.25, -0.2) is 9.59 Å². The van der Waals surface area contributed by atoms with Gasteiger partial charge in [0.25, 0.3) is 6.26 Å². The van der Waals surface area contributed by atoms with Crippen LogP contribution in [0.5, 0.6) is 0 Å². The largest absolute Gasteiger partial charge is 0.464 e. The maximum atomic E-state index is 12.0. The zero-order valence-corrected chi connectivity index (χ0v) is 15.8. The van der Waals surface area contributed by atoms with Crippen LogP contribution in [0.15, 0.2) is 35.8 Å². The number of isocyanates is 1. The van der Waals surface area contributed by atoms with Crippen molar-refractivity contribution in [2.75, 3.05) is 13.2 Å². The van der Waals surface area contributed by atoms with Gasteiger partial charge in [0.15, 0.2) is 6.04 Å². The topological polar surface area (TPSA) is 106 Å². The second-order valence-electron chi connectivity index (χ2n) is 6.10. The molecule has 0 fully saturated rings. The maximum Gasteiger partial charge on any atom is 0.331 e. The van der Waals surface area contributed by atoms with E-state index in [1.165, 1.54) is 6.08 Å². The Bertz CT molecular complexity index is 730. The van der Waals surface area contributed by atoms with Gasteiger partial charge in [0.2, 0.25) is 6.08 Å². The normalized spacial score (nSPS) is 10.8. The van der Waals surface area contributed by atoms with Crippen LogP contribution in [0.1, 0.15) is 43.2 Å². The average Bonchev–Trinajstić information content (AvgIpc) is 2.70. The van der Waals surface area contributed by atoms with Crippen LogP contribution in [-0.4, -0.2) is 37.1 Å². The quantitative estimate of drug-likeness (QED) is 0.160. The van der Waals surface area contributed by atoms with Crippen molar-refractivity contribution in [2.45, 2.75) is 44.6 Å². The fourth-order valence-corrected chi connectivity index (χ4v) is 2.48. The van der Waals surface area contributed by atoms with Crippen LogP contribution in [-0.2, 0) is 30.3 Å². The molecule has 1 rings (SSSR count). The van der Waals surface area contributed by atoms with Crippen LogP contribution >= 0.6 is 0 Å². The molecule has 0 aromatic heterocycles. The van der Waals surface area contributed by atoms with Crippen molar-refractivity contribution in [2.24, 2.45) is 4.99 Å². The third-order valence-electron chi connectivity index (χ3n) is 3.98. The van der Waals surface area contributed by atoms with E-state index in [-0.39, 0.29) is 19.0 Å². The predicted molar refractivity (Wildman–Crippen MR) is 103 cm³/mol. The number of hydrogen-bond donors (Lipinski definition) is 0. The van der Waals surface area contributed by atoms with Gasteiger partial charge in [-0.05, 0) is 36.8 Å². The molecular formula is C21H24N2O5. The second-order valence-corrected chi connectivity index (χ2v) is 6.10. The van der Waals surface area contributed by atoms with Gasteiger partial charge in [-0.1, -0.05) is 36.9 Å². The number of nitriles is 1. The molecule has 0 aliphatic carbocycles. The number of esters is 1. The minimum atomic E-state index is -0.918. The molecule has 0 saturated carbocycles. The average molecular weight is 384 g/mol. The molecule has 0 radical (unpaired) electrons. The number of carbonyl (C=O) groups excluding carboxylic acids is 3. The summed E-state index contributed by atoms with van der Waals surface area (Å²) in [6.07, 6.45) is 7.12. The lowest BCUT2D eigenvalue weighted by atomic mass is 10.0. The molecule has 7 heteroatoms. The fourth-order valence-electron chi connectivity index (χ4n) is 2.48. The standard InChI is InChI=1S/C21H24N2O5/c1-2-17-8-10-18(11-9-17)14-19(25)6-5-13-28-21(26)20(23-16-24)7-3-4-12-27-15-22/h2,8-11,20H,1,3-7,12-14H2. The van der Waals surface area contributed by atoms with Gasteiger partial charge in [-0.2, -0.15) is 10.3 Å². The highest BCUT2D eigenvalue weighted by Gasteiger charge is 2.19. The van der Waals surface area contributed by atoms with Gasteiger partial charge in [0.05, 0.1) is 6.61 Å². The Labute approximate surface area is 164 Å².